The number of aromatic nitrogens is 4. The molecular weight excluding hydrogens is 398 g/mol. The van der Waals surface area contributed by atoms with E-state index < -0.39 is 0 Å². The number of H-pyrrole nitrogens is 1. The molecule has 1 aliphatic heterocycles. The summed E-state index contributed by atoms with van der Waals surface area (Å²) < 4.78 is 1.68. The first-order valence-corrected chi connectivity index (χ1v) is 10.2. The van der Waals surface area contributed by atoms with Crippen molar-refractivity contribution in [2.24, 2.45) is 0 Å². The van der Waals surface area contributed by atoms with Crippen molar-refractivity contribution in [3.05, 3.63) is 57.4 Å². The highest BCUT2D eigenvalue weighted by Gasteiger charge is 2.27. The Bertz CT molecular complexity index is 1210. The zero-order chi connectivity index (χ0) is 22.1. The Morgan fingerprint density at radius 1 is 1.23 bits per heavy atom. The van der Waals surface area contributed by atoms with Crippen LogP contribution in [0, 0.1) is 6.92 Å². The third-order valence-corrected chi connectivity index (χ3v) is 5.56. The standard InChI is InChI=1S/C21H25N7O3/c1-4-14-11-28-19(25-20(14)30)15(9-23-28)10-26-7-8-27(18(29)12-26)17-6-5-16(21(31)22-3)24-13(17)2/h5-6,9,11H,4,7-8,10,12H2,1-3H3,(H,22,31)(H,25,30). The highest BCUT2D eigenvalue weighted by molar-refractivity contribution is 5.97. The predicted molar refractivity (Wildman–Crippen MR) is 115 cm³/mol. The molecule has 0 saturated carbocycles. The first-order valence-electron chi connectivity index (χ1n) is 10.2. The van der Waals surface area contributed by atoms with Gasteiger partial charge in [0.1, 0.15) is 11.3 Å². The Morgan fingerprint density at radius 3 is 2.71 bits per heavy atom. The molecule has 0 aliphatic carbocycles. The van der Waals surface area contributed by atoms with Crippen LogP contribution >= 0.6 is 0 Å². The van der Waals surface area contributed by atoms with Crippen molar-refractivity contribution in [2.75, 3.05) is 31.6 Å². The van der Waals surface area contributed by atoms with E-state index in [9.17, 15) is 14.4 Å². The average Bonchev–Trinajstić information content (AvgIpc) is 3.14. The van der Waals surface area contributed by atoms with E-state index >= 15 is 0 Å². The van der Waals surface area contributed by atoms with Crippen molar-refractivity contribution in [2.45, 2.75) is 26.8 Å². The van der Waals surface area contributed by atoms with Gasteiger partial charge in [0, 0.05) is 44.0 Å². The largest absolute Gasteiger partial charge is 0.354 e. The van der Waals surface area contributed by atoms with Crippen molar-refractivity contribution in [1.29, 1.82) is 0 Å². The van der Waals surface area contributed by atoms with Gasteiger partial charge in [-0.1, -0.05) is 6.92 Å². The van der Waals surface area contributed by atoms with Gasteiger partial charge in [0.25, 0.3) is 11.5 Å². The number of amides is 2. The van der Waals surface area contributed by atoms with E-state index in [1.165, 1.54) is 0 Å². The Kier molecular flexibility index (Phi) is 5.55. The molecule has 1 fully saturated rings. The number of piperazine rings is 1. The van der Waals surface area contributed by atoms with E-state index in [-0.39, 0.29) is 23.9 Å². The number of anilines is 1. The van der Waals surface area contributed by atoms with Crippen molar-refractivity contribution in [3.8, 4) is 0 Å². The van der Waals surface area contributed by atoms with E-state index in [0.717, 1.165) is 5.56 Å². The summed E-state index contributed by atoms with van der Waals surface area (Å²) in [7, 11) is 1.55. The fourth-order valence-corrected chi connectivity index (χ4v) is 3.84. The lowest BCUT2D eigenvalue weighted by Crippen LogP contribution is -2.50. The number of carbonyl (C=O) groups excluding carboxylic acids is 2. The minimum Gasteiger partial charge on any atom is -0.354 e. The Labute approximate surface area is 178 Å². The summed E-state index contributed by atoms with van der Waals surface area (Å²) in [5.74, 6) is -0.301. The molecule has 4 rings (SSSR count). The molecule has 0 atom stereocenters. The van der Waals surface area contributed by atoms with Gasteiger partial charge in [0.2, 0.25) is 5.91 Å². The van der Waals surface area contributed by atoms with Crippen LogP contribution in [0.25, 0.3) is 5.65 Å². The maximum Gasteiger partial charge on any atom is 0.269 e. The zero-order valence-corrected chi connectivity index (χ0v) is 17.8. The van der Waals surface area contributed by atoms with Gasteiger partial charge in [0.05, 0.1) is 24.1 Å². The molecule has 2 amide bonds. The van der Waals surface area contributed by atoms with E-state index in [1.807, 2.05) is 11.8 Å². The molecule has 1 saturated heterocycles. The van der Waals surface area contributed by atoms with Crippen LogP contribution in [0.5, 0.6) is 0 Å². The minimum absolute atomic E-state index is 0.0397. The third kappa shape index (κ3) is 3.93. The molecule has 31 heavy (non-hydrogen) atoms. The van der Waals surface area contributed by atoms with Crippen LogP contribution in [0.2, 0.25) is 0 Å². The van der Waals surface area contributed by atoms with Gasteiger partial charge in [-0.2, -0.15) is 5.10 Å². The second kappa shape index (κ2) is 8.31. The van der Waals surface area contributed by atoms with Crippen LogP contribution in [0.4, 0.5) is 5.69 Å². The average molecular weight is 423 g/mol. The SMILES string of the molecule is CCc1cn2ncc(CN3CCN(c4ccc(C(=O)NC)nc4C)C(=O)C3)c2[nH]c1=O. The van der Waals surface area contributed by atoms with Gasteiger partial charge in [-0.15, -0.1) is 0 Å². The summed E-state index contributed by atoms with van der Waals surface area (Å²) in [5.41, 5.74) is 3.76. The van der Waals surface area contributed by atoms with E-state index in [4.69, 9.17) is 0 Å². The molecule has 162 valence electrons. The topological polar surface area (TPSA) is 116 Å². The summed E-state index contributed by atoms with van der Waals surface area (Å²) >= 11 is 0. The number of aromatic amines is 1. The number of pyridine rings is 1. The molecule has 10 nitrogen and oxygen atoms in total. The second-order valence-electron chi connectivity index (χ2n) is 7.56. The van der Waals surface area contributed by atoms with Gasteiger partial charge < -0.3 is 15.2 Å². The van der Waals surface area contributed by atoms with E-state index in [1.54, 1.807) is 47.9 Å². The highest BCUT2D eigenvalue weighted by Crippen LogP contribution is 2.22. The van der Waals surface area contributed by atoms with Crippen LogP contribution in [0.1, 0.15) is 34.2 Å². The van der Waals surface area contributed by atoms with E-state index in [2.05, 4.69) is 20.4 Å². The lowest BCUT2D eigenvalue weighted by atomic mass is 10.2. The van der Waals surface area contributed by atoms with Gasteiger partial charge >= 0.3 is 0 Å². The Morgan fingerprint density at radius 2 is 2.03 bits per heavy atom. The molecule has 3 aromatic heterocycles. The first kappa shape index (κ1) is 20.7. The molecule has 0 bridgehead atoms. The monoisotopic (exact) mass is 423 g/mol. The number of fused-ring (bicyclic) bond motifs is 1. The number of hydrogen-bond donors (Lipinski definition) is 2. The van der Waals surface area contributed by atoms with Crippen molar-refractivity contribution >= 4 is 23.1 Å². The van der Waals surface area contributed by atoms with Crippen LogP contribution in [-0.2, 0) is 17.8 Å². The van der Waals surface area contributed by atoms with Crippen molar-refractivity contribution in [1.82, 2.24) is 29.8 Å². The van der Waals surface area contributed by atoms with Crippen molar-refractivity contribution in [3.63, 3.8) is 0 Å². The number of nitrogens with one attached hydrogen (secondary N) is 2. The van der Waals surface area contributed by atoms with Gasteiger partial charge in [-0.25, -0.2) is 9.50 Å². The zero-order valence-electron chi connectivity index (χ0n) is 17.8. The van der Waals surface area contributed by atoms with Crippen LogP contribution in [-0.4, -0.2) is 63.0 Å². The van der Waals surface area contributed by atoms with Gasteiger partial charge in [-0.05, 0) is 25.5 Å². The number of aryl methyl sites for hydroxylation is 2. The number of hydrogen-bond acceptors (Lipinski definition) is 6. The quantitative estimate of drug-likeness (QED) is 0.617. The fraction of sp³-hybridized carbons (Fsp3) is 0.381. The Balaban J connectivity index is 1.48. The van der Waals surface area contributed by atoms with Gasteiger partial charge in [-0.3, -0.25) is 19.3 Å². The molecule has 1 aliphatic rings. The van der Waals surface area contributed by atoms with Crippen LogP contribution < -0.4 is 15.8 Å². The Hall–Kier alpha value is -3.53. The number of nitrogens with zero attached hydrogens (tertiary/aromatic N) is 5. The molecule has 2 N–H and O–H groups in total. The summed E-state index contributed by atoms with van der Waals surface area (Å²) in [5, 5.41) is 6.89. The van der Waals surface area contributed by atoms with Crippen LogP contribution in [0.3, 0.4) is 0 Å². The second-order valence-corrected chi connectivity index (χ2v) is 7.56. The maximum absolute atomic E-state index is 12.9. The lowest BCUT2D eigenvalue weighted by molar-refractivity contribution is -0.121. The maximum atomic E-state index is 12.9. The predicted octanol–water partition coefficient (Wildman–Crippen LogP) is 0.497. The summed E-state index contributed by atoms with van der Waals surface area (Å²) in [6.07, 6.45) is 4.11. The molecule has 0 aromatic carbocycles. The minimum atomic E-state index is -0.261. The normalized spacial score (nSPS) is 14.9. The first-order chi connectivity index (χ1) is 14.9. The molecule has 3 aromatic rings. The molecule has 10 heteroatoms. The summed E-state index contributed by atoms with van der Waals surface area (Å²) in [6, 6.07) is 3.39. The molecule has 0 radical (unpaired) electrons. The third-order valence-electron chi connectivity index (χ3n) is 5.56. The molecule has 0 spiro atoms. The summed E-state index contributed by atoms with van der Waals surface area (Å²) in [6.45, 7) is 5.65. The van der Waals surface area contributed by atoms with Crippen molar-refractivity contribution < 1.29 is 9.59 Å². The highest BCUT2D eigenvalue weighted by atomic mass is 16.2. The number of rotatable bonds is 5. The van der Waals surface area contributed by atoms with E-state index in [0.29, 0.717) is 54.3 Å². The fourth-order valence-electron chi connectivity index (χ4n) is 3.84. The summed E-state index contributed by atoms with van der Waals surface area (Å²) in [4.78, 5) is 47.8. The number of carbonyl (C=O) groups is 2. The smallest absolute Gasteiger partial charge is 0.269 e. The lowest BCUT2D eigenvalue weighted by Gasteiger charge is -2.34. The van der Waals surface area contributed by atoms with Gasteiger partial charge in [0.15, 0.2) is 0 Å². The molecular formula is C21H25N7O3. The van der Waals surface area contributed by atoms with Crippen LogP contribution in [0.15, 0.2) is 29.3 Å². The molecule has 4 heterocycles. The molecule has 0 unspecified atom stereocenters.